The van der Waals surface area contributed by atoms with Crippen LogP contribution in [-0.4, -0.2) is 76.1 Å². The fourth-order valence-electron chi connectivity index (χ4n) is 5.37. The van der Waals surface area contributed by atoms with Gasteiger partial charge >= 0.3 is 0 Å². The Hall–Kier alpha value is -4.25. The van der Waals surface area contributed by atoms with Crippen molar-refractivity contribution < 1.29 is 34.6 Å². The van der Waals surface area contributed by atoms with Gasteiger partial charge in [0.1, 0.15) is 36.5 Å². The summed E-state index contributed by atoms with van der Waals surface area (Å²) in [6, 6.07) is 19.3. The van der Waals surface area contributed by atoms with Crippen molar-refractivity contribution in [1.82, 2.24) is 15.6 Å². The molecule has 0 saturated heterocycles. The number of aliphatic hydroxyl groups excluding tert-OH is 4. The second kappa shape index (κ2) is 19.0. The van der Waals surface area contributed by atoms with Crippen molar-refractivity contribution in [3.8, 4) is 34.4 Å². The van der Waals surface area contributed by atoms with Gasteiger partial charge in [0.15, 0.2) is 0 Å². The molecule has 0 aliphatic carbocycles. The van der Waals surface area contributed by atoms with Crippen LogP contribution in [0.15, 0.2) is 67.0 Å². The molecular weight excluding hydrogens is 684 g/mol. The molecule has 0 amide bonds. The summed E-state index contributed by atoms with van der Waals surface area (Å²) in [6.45, 7) is 8.41. The molecule has 4 rings (SSSR count). The van der Waals surface area contributed by atoms with Crippen LogP contribution in [-0.2, 0) is 19.8 Å². The topological polar surface area (TPSA) is 169 Å². The van der Waals surface area contributed by atoms with Crippen molar-refractivity contribution in [2.75, 3.05) is 39.6 Å². The van der Waals surface area contributed by atoms with Crippen molar-refractivity contribution in [2.24, 2.45) is 0 Å². The Bertz CT molecular complexity index is 1820. The largest absolute Gasteiger partial charge is 0.493 e. The number of halogens is 1. The van der Waals surface area contributed by atoms with Gasteiger partial charge in [-0.1, -0.05) is 41.9 Å². The molecule has 0 aliphatic rings. The smallest absolute Gasteiger partial charge is 0.142 e. The second-order valence-corrected chi connectivity index (χ2v) is 13.8. The second-order valence-electron chi connectivity index (χ2n) is 13.4. The van der Waals surface area contributed by atoms with Crippen LogP contribution in [0.2, 0.25) is 5.02 Å². The molecule has 6 N–H and O–H groups in total. The Kier molecular flexibility index (Phi) is 14.8. The third kappa shape index (κ3) is 10.6. The standard InChI is InChI=1S/C40H49ClN4O7/c1-27-31(8-5-9-33(27)34-10-6-11-36(28(34)2)50-13-7-12-44-39(3,23-46)24-47)22-52-38-16-37(51-21-30-14-29(17-42)18-43-19-30)32(15-35(38)41)20-45-40(4,25-48)26-49/h5-6,8-11,14-16,18-19,44-49H,7,12-13,20-26H2,1-4H3. The Morgan fingerprint density at radius 2 is 1.40 bits per heavy atom. The van der Waals surface area contributed by atoms with Gasteiger partial charge in [0, 0.05) is 36.1 Å². The minimum atomic E-state index is -0.919. The van der Waals surface area contributed by atoms with Gasteiger partial charge < -0.3 is 45.3 Å². The quantitative estimate of drug-likeness (QED) is 0.0678. The van der Waals surface area contributed by atoms with Crippen LogP contribution in [0.3, 0.4) is 0 Å². The molecule has 278 valence electrons. The number of nitriles is 1. The predicted octanol–water partition coefficient (Wildman–Crippen LogP) is 4.98. The minimum absolute atomic E-state index is 0.140. The molecule has 0 unspecified atom stereocenters. The van der Waals surface area contributed by atoms with Crippen LogP contribution < -0.4 is 24.8 Å². The molecule has 3 aromatic carbocycles. The van der Waals surface area contributed by atoms with Crippen LogP contribution in [0.25, 0.3) is 11.1 Å². The molecule has 0 saturated carbocycles. The summed E-state index contributed by atoms with van der Waals surface area (Å²) in [4.78, 5) is 4.12. The number of rotatable bonds is 20. The molecule has 52 heavy (non-hydrogen) atoms. The Morgan fingerprint density at radius 1 is 0.750 bits per heavy atom. The fourth-order valence-corrected chi connectivity index (χ4v) is 5.62. The van der Waals surface area contributed by atoms with Crippen LogP contribution in [0, 0.1) is 25.2 Å². The van der Waals surface area contributed by atoms with Gasteiger partial charge in [-0.05, 0) is 86.7 Å². The van der Waals surface area contributed by atoms with Gasteiger partial charge in [-0.3, -0.25) is 4.98 Å². The highest BCUT2D eigenvalue weighted by Gasteiger charge is 2.23. The number of nitrogens with one attached hydrogen (secondary N) is 2. The molecule has 12 heteroatoms. The summed E-state index contributed by atoms with van der Waals surface area (Å²) in [5.41, 5.74) is 5.30. The fraction of sp³-hybridized carbons (Fsp3) is 0.400. The van der Waals surface area contributed by atoms with E-state index in [0.29, 0.717) is 52.8 Å². The third-order valence-electron chi connectivity index (χ3n) is 9.07. The van der Waals surface area contributed by atoms with E-state index in [4.69, 9.17) is 25.8 Å². The Labute approximate surface area is 310 Å². The molecule has 1 heterocycles. The number of nitrogens with zero attached hydrogens (tertiary/aromatic N) is 2. The molecule has 0 radical (unpaired) electrons. The lowest BCUT2D eigenvalue weighted by atomic mass is 9.93. The lowest BCUT2D eigenvalue weighted by Crippen LogP contribution is -2.49. The third-order valence-corrected chi connectivity index (χ3v) is 9.36. The lowest BCUT2D eigenvalue weighted by Gasteiger charge is -2.27. The molecule has 0 atom stereocenters. The summed E-state index contributed by atoms with van der Waals surface area (Å²) in [7, 11) is 0. The highest BCUT2D eigenvalue weighted by molar-refractivity contribution is 6.32. The number of hydrogen-bond acceptors (Lipinski definition) is 11. The van der Waals surface area contributed by atoms with Crippen molar-refractivity contribution in [1.29, 1.82) is 5.26 Å². The summed E-state index contributed by atoms with van der Waals surface area (Å²) in [6.07, 6.45) is 3.82. The first-order valence-corrected chi connectivity index (χ1v) is 17.5. The van der Waals surface area contributed by atoms with E-state index in [0.717, 1.165) is 33.6 Å². The SMILES string of the molecule is Cc1c(COc2cc(OCc3cncc(C#N)c3)c(CNC(C)(CO)CO)cc2Cl)cccc1-c1cccc(OCCCNC(C)(CO)CO)c1C. The summed E-state index contributed by atoms with van der Waals surface area (Å²) in [5, 5.41) is 54.6. The molecule has 0 spiro atoms. The molecule has 0 aliphatic heterocycles. The average Bonchev–Trinajstić information content (AvgIpc) is 3.17. The lowest BCUT2D eigenvalue weighted by molar-refractivity contribution is 0.103. The zero-order valence-electron chi connectivity index (χ0n) is 30.2. The highest BCUT2D eigenvalue weighted by Crippen LogP contribution is 2.36. The molecule has 4 aromatic rings. The number of aliphatic hydroxyl groups is 4. The molecule has 1 aromatic heterocycles. The number of pyridine rings is 1. The first kappa shape index (κ1) is 40.5. The van der Waals surface area contributed by atoms with Crippen LogP contribution in [0.4, 0.5) is 0 Å². The number of aromatic nitrogens is 1. The Morgan fingerprint density at radius 3 is 2.10 bits per heavy atom. The van der Waals surface area contributed by atoms with E-state index in [1.807, 2.05) is 31.2 Å². The molecular formula is C40H49ClN4O7. The van der Waals surface area contributed by atoms with E-state index in [1.54, 1.807) is 38.2 Å². The summed E-state index contributed by atoms with van der Waals surface area (Å²) >= 11 is 6.75. The zero-order valence-corrected chi connectivity index (χ0v) is 31.0. The van der Waals surface area contributed by atoms with Crippen LogP contribution in [0.5, 0.6) is 17.2 Å². The summed E-state index contributed by atoms with van der Waals surface area (Å²) < 4.78 is 18.6. The molecule has 0 bridgehead atoms. The van der Waals surface area contributed by atoms with Gasteiger partial charge in [0.25, 0.3) is 0 Å². The van der Waals surface area contributed by atoms with Gasteiger partial charge in [0.2, 0.25) is 0 Å². The number of benzene rings is 3. The maximum atomic E-state index is 9.79. The van der Waals surface area contributed by atoms with Crippen LogP contribution in [0.1, 0.15) is 53.6 Å². The van der Waals surface area contributed by atoms with Crippen molar-refractivity contribution in [2.45, 2.75) is 65.0 Å². The minimum Gasteiger partial charge on any atom is -0.493 e. The monoisotopic (exact) mass is 732 g/mol. The number of hydrogen-bond donors (Lipinski definition) is 6. The van der Waals surface area contributed by atoms with Gasteiger partial charge in [-0.15, -0.1) is 0 Å². The number of ether oxygens (including phenoxy) is 3. The van der Waals surface area contributed by atoms with E-state index in [9.17, 15) is 25.7 Å². The maximum Gasteiger partial charge on any atom is 0.142 e. The highest BCUT2D eigenvalue weighted by atomic mass is 35.5. The normalized spacial score (nSPS) is 11.7. The predicted molar refractivity (Wildman–Crippen MR) is 201 cm³/mol. The Balaban J connectivity index is 1.51. The maximum absolute atomic E-state index is 9.79. The first-order valence-electron chi connectivity index (χ1n) is 17.2. The first-order chi connectivity index (χ1) is 25.0. The van der Waals surface area contributed by atoms with Gasteiger partial charge in [0.05, 0.1) is 54.7 Å². The van der Waals surface area contributed by atoms with E-state index in [1.165, 1.54) is 6.20 Å². The van der Waals surface area contributed by atoms with Gasteiger partial charge in [-0.25, -0.2) is 0 Å². The summed E-state index contributed by atoms with van der Waals surface area (Å²) in [5.74, 6) is 1.69. The van der Waals surface area contributed by atoms with Gasteiger partial charge in [-0.2, -0.15) is 5.26 Å². The van der Waals surface area contributed by atoms with E-state index < -0.39 is 11.1 Å². The van der Waals surface area contributed by atoms with Crippen molar-refractivity contribution in [3.63, 3.8) is 0 Å². The molecule has 0 fully saturated rings. The van der Waals surface area contributed by atoms with E-state index >= 15 is 0 Å². The van der Waals surface area contributed by atoms with Crippen LogP contribution >= 0.6 is 11.6 Å². The average molecular weight is 733 g/mol. The van der Waals surface area contributed by atoms with E-state index in [-0.39, 0.29) is 46.2 Å². The molecule has 11 nitrogen and oxygen atoms in total. The van der Waals surface area contributed by atoms with Crippen molar-refractivity contribution >= 4 is 11.6 Å². The zero-order chi connectivity index (χ0) is 37.7. The van der Waals surface area contributed by atoms with Crippen molar-refractivity contribution in [3.05, 3.63) is 105 Å². The van der Waals surface area contributed by atoms with E-state index in [2.05, 4.69) is 40.7 Å².